The van der Waals surface area contributed by atoms with Gasteiger partial charge in [-0.05, 0) is 58.4 Å². The Kier molecular flexibility index (Phi) is 5.25. The molecular weight excluding hydrogens is 347 g/mol. The van der Waals surface area contributed by atoms with Crippen molar-refractivity contribution in [1.82, 2.24) is 5.32 Å². The van der Waals surface area contributed by atoms with Gasteiger partial charge in [-0.3, -0.25) is 0 Å². The maximum absolute atomic E-state index is 13.3. The number of alkyl halides is 2. The van der Waals surface area contributed by atoms with Crippen LogP contribution in [0.3, 0.4) is 0 Å². The van der Waals surface area contributed by atoms with Crippen molar-refractivity contribution in [3.8, 4) is 5.75 Å². The average molecular weight is 360 g/mol. The highest BCUT2D eigenvalue weighted by Crippen LogP contribution is 2.27. The zero-order valence-corrected chi connectivity index (χ0v) is 12.7. The Labute approximate surface area is 129 Å². The van der Waals surface area contributed by atoms with Gasteiger partial charge < -0.3 is 10.1 Å². The van der Waals surface area contributed by atoms with E-state index in [1.54, 1.807) is 31.3 Å². The molecule has 1 N–H and O–H groups in total. The van der Waals surface area contributed by atoms with Crippen LogP contribution in [0.2, 0.25) is 0 Å². The van der Waals surface area contributed by atoms with Crippen LogP contribution in [0.15, 0.2) is 46.9 Å². The van der Waals surface area contributed by atoms with Gasteiger partial charge in [0.1, 0.15) is 11.6 Å². The van der Waals surface area contributed by atoms with E-state index in [1.807, 2.05) is 0 Å². The number of rotatable bonds is 5. The van der Waals surface area contributed by atoms with Gasteiger partial charge in [-0.1, -0.05) is 18.2 Å². The molecule has 0 aliphatic carbocycles. The maximum Gasteiger partial charge on any atom is 0.387 e. The summed E-state index contributed by atoms with van der Waals surface area (Å²) >= 11 is 3.15. The van der Waals surface area contributed by atoms with E-state index in [0.29, 0.717) is 4.47 Å². The molecule has 2 aromatic carbocycles. The number of hydrogen-bond acceptors (Lipinski definition) is 2. The Morgan fingerprint density at radius 3 is 2.19 bits per heavy atom. The Morgan fingerprint density at radius 1 is 1.05 bits per heavy atom. The Balaban J connectivity index is 2.26. The molecule has 0 aromatic heterocycles. The van der Waals surface area contributed by atoms with Gasteiger partial charge in [-0.2, -0.15) is 8.78 Å². The monoisotopic (exact) mass is 359 g/mol. The minimum Gasteiger partial charge on any atom is -0.435 e. The molecular formula is C15H13BrF3NO. The van der Waals surface area contributed by atoms with Crippen LogP contribution < -0.4 is 10.1 Å². The van der Waals surface area contributed by atoms with E-state index < -0.39 is 6.61 Å². The van der Waals surface area contributed by atoms with Crippen molar-refractivity contribution in [2.75, 3.05) is 7.05 Å². The molecule has 2 aromatic rings. The second-order valence-corrected chi connectivity index (χ2v) is 5.20. The second kappa shape index (κ2) is 6.95. The normalized spacial score (nSPS) is 12.5. The van der Waals surface area contributed by atoms with E-state index in [2.05, 4.69) is 26.0 Å². The van der Waals surface area contributed by atoms with Gasteiger partial charge in [0.25, 0.3) is 0 Å². The van der Waals surface area contributed by atoms with Gasteiger partial charge in [0, 0.05) is 0 Å². The first kappa shape index (κ1) is 15.9. The van der Waals surface area contributed by atoms with Crippen molar-refractivity contribution in [1.29, 1.82) is 0 Å². The number of hydrogen-bond donors (Lipinski definition) is 1. The van der Waals surface area contributed by atoms with Gasteiger partial charge in [0.15, 0.2) is 0 Å². The molecule has 0 fully saturated rings. The summed E-state index contributed by atoms with van der Waals surface area (Å²) in [4.78, 5) is 0. The topological polar surface area (TPSA) is 21.3 Å². The first-order valence-corrected chi connectivity index (χ1v) is 6.97. The quantitative estimate of drug-likeness (QED) is 0.848. The zero-order chi connectivity index (χ0) is 15.4. The largest absolute Gasteiger partial charge is 0.435 e. The third kappa shape index (κ3) is 3.98. The summed E-state index contributed by atoms with van der Waals surface area (Å²) in [6.07, 6.45) is 0. The maximum atomic E-state index is 13.3. The molecule has 0 aliphatic heterocycles. The highest BCUT2D eigenvalue weighted by Gasteiger charge is 2.14. The third-order valence-electron chi connectivity index (χ3n) is 3.00. The van der Waals surface area contributed by atoms with Crippen LogP contribution in [0.5, 0.6) is 5.75 Å². The van der Waals surface area contributed by atoms with Crippen LogP contribution in [-0.4, -0.2) is 13.7 Å². The van der Waals surface area contributed by atoms with E-state index in [4.69, 9.17) is 0 Å². The van der Waals surface area contributed by atoms with Gasteiger partial charge in [0.05, 0.1) is 10.5 Å². The molecule has 2 rings (SSSR count). The standard InChI is InChI=1S/C15H13BrF3NO/c1-20-14(10-4-7-13(17)12(16)8-10)9-2-5-11(6-3-9)21-15(18)19/h2-8,14-15,20H,1H3. The summed E-state index contributed by atoms with van der Waals surface area (Å²) in [6.45, 7) is -2.84. The zero-order valence-electron chi connectivity index (χ0n) is 11.1. The predicted molar refractivity (Wildman–Crippen MR) is 78.1 cm³/mol. The minimum absolute atomic E-state index is 0.101. The molecule has 0 amide bonds. The van der Waals surface area contributed by atoms with E-state index in [-0.39, 0.29) is 17.6 Å². The molecule has 0 spiro atoms. The summed E-state index contributed by atoms with van der Waals surface area (Å²) in [5, 5.41) is 3.11. The molecule has 21 heavy (non-hydrogen) atoms. The lowest BCUT2D eigenvalue weighted by Crippen LogP contribution is -2.17. The average Bonchev–Trinajstić information content (AvgIpc) is 2.45. The number of nitrogens with one attached hydrogen (secondary N) is 1. The van der Waals surface area contributed by atoms with E-state index >= 15 is 0 Å². The summed E-state index contributed by atoms with van der Waals surface area (Å²) in [5.41, 5.74) is 1.71. The predicted octanol–water partition coefficient (Wildman–Crippen LogP) is 4.50. The lowest BCUT2D eigenvalue weighted by molar-refractivity contribution is -0.0498. The third-order valence-corrected chi connectivity index (χ3v) is 3.61. The van der Waals surface area contributed by atoms with E-state index in [9.17, 15) is 13.2 Å². The summed E-state index contributed by atoms with van der Waals surface area (Å²) < 4.78 is 42.2. The molecule has 0 radical (unpaired) electrons. The molecule has 1 unspecified atom stereocenters. The molecule has 0 bridgehead atoms. The molecule has 112 valence electrons. The van der Waals surface area contributed by atoms with Crippen molar-refractivity contribution in [2.24, 2.45) is 0 Å². The van der Waals surface area contributed by atoms with Crippen LogP contribution in [0.25, 0.3) is 0 Å². The van der Waals surface area contributed by atoms with Gasteiger partial charge in [0.2, 0.25) is 0 Å². The number of halogens is 4. The van der Waals surface area contributed by atoms with Crippen molar-refractivity contribution < 1.29 is 17.9 Å². The first-order chi connectivity index (χ1) is 10.0. The summed E-state index contributed by atoms with van der Waals surface area (Å²) in [6, 6.07) is 10.9. The van der Waals surface area contributed by atoms with Crippen LogP contribution in [0.1, 0.15) is 17.2 Å². The molecule has 0 heterocycles. The fraction of sp³-hybridized carbons (Fsp3) is 0.200. The number of ether oxygens (including phenoxy) is 1. The molecule has 2 nitrogen and oxygen atoms in total. The lowest BCUT2D eigenvalue weighted by atomic mass is 9.99. The molecule has 6 heteroatoms. The van der Waals surface area contributed by atoms with Crippen molar-refractivity contribution in [3.63, 3.8) is 0 Å². The van der Waals surface area contributed by atoms with Crippen LogP contribution in [-0.2, 0) is 0 Å². The molecule has 0 saturated carbocycles. The molecule has 0 aliphatic rings. The van der Waals surface area contributed by atoms with Crippen LogP contribution >= 0.6 is 15.9 Å². The summed E-state index contributed by atoms with van der Waals surface area (Å²) in [7, 11) is 1.77. The van der Waals surface area contributed by atoms with E-state index in [0.717, 1.165) is 11.1 Å². The van der Waals surface area contributed by atoms with Crippen molar-refractivity contribution in [3.05, 3.63) is 63.9 Å². The number of benzene rings is 2. The van der Waals surface area contributed by atoms with Crippen molar-refractivity contribution >= 4 is 15.9 Å². The Morgan fingerprint density at radius 2 is 1.67 bits per heavy atom. The first-order valence-electron chi connectivity index (χ1n) is 6.18. The highest BCUT2D eigenvalue weighted by atomic mass is 79.9. The fourth-order valence-electron chi connectivity index (χ4n) is 2.06. The van der Waals surface area contributed by atoms with E-state index in [1.165, 1.54) is 18.2 Å². The fourth-order valence-corrected chi connectivity index (χ4v) is 2.46. The molecule has 0 saturated heterocycles. The minimum atomic E-state index is -2.84. The van der Waals surface area contributed by atoms with Crippen molar-refractivity contribution in [2.45, 2.75) is 12.7 Å². The Bertz CT molecular complexity index is 604. The van der Waals surface area contributed by atoms with Gasteiger partial charge >= 0.3 is 6.61 Å². The SMILES string of the molecule is CNC(c1ccc(OC(F)F)cc1)c1ccc(F)c(Br)c1. The van der Waals surface area contributed by atoms with Gasteiger partial charge in [-0.15, -0.1) is 0 Å². The summed E-state index contributed by atoms with van der Waals surface area (Å²) in [5.74, 6) is -0.238. The Hall–Kier alpha value is -1.53. The second-order valence-electron chi connectivity index (χ2n) is 4.34. The smallest absolute Gasteiger partial charge is 0.387 e. The highest BCUT2D eigenvalue weighted by molar-refractivity contribution is 9.10. The van der Waals surface area contributed by atoms with Gasteiger partial charge in [-0.25, -0.2) is 4.39 Å². The van der Waals surface area contributed by atoms with Crippen LogP contribution in [0, 0.1) is 5.82 Å². The lowest BCUT2D eigenvalue weighted by Gasteiger charge is -2.18. The molecule has 1 atom stereocenters. The van der Waals surface area contributed by atoms with Crippen LogP contribution in [0.4, 0.5) is 13.2 Å².